The summed E-state index contributed by atoms with van der Waals surface area (Å²) in [6.07, 6.45) is 7.14. The molecule has 4 nitrogen and oxygen atoms in total. The Labute approximate surface area is 116 Å². The second-order valence-electron chi connectivity index (χ2n) is 5.37. The Bertz CT molecular complexity index is 263. The molecule has 0 fully saturated rings. The largest absolute Gasteiger partial charge is 0.481 e. The first-order valence-corrected chi connectivity index (χ1v) is 7.45. The topological polar surface area (TPSA) is 74.6 Å². The van der Waals surface area contributed by atoms with Gasteiger partial charge in [-0.2, -0.15) is 0 Å². The molecular weight excluding hydrogens is 244 g/mol. The maximum atomic E-state index is 11.2. The van der Waals surface area contributed by atoms with E-state index in [0.29, 0.717) is 12.8 Å². The zero-order valence-corrected chi connectivity index (χ0v) is 12.2. The number of rotatable bonds is 12. The molecule has 2 atom stereocenters. The fourth-order valence-electron chi connectivity index (χ4n) is 2.43. The van der Waals surface area contributed by atoms with Crippen molar-refractivity contribution in [2.75, 3.05) is 0 Å². The third kappa shape index (κ3) is 9.51. The quantitative estimate of drug-likeness (QED) is 0.528. The molecule has 19 heavy (non-hydrogen) atoms. The summed E-state index contributed by atoms with van der Waals surface area (Å²) in [5, 5.41) is 18.1. The Morgan fingerprint density at radius 1 is 0.947 bits per heavy atom. The number of carboxylic acids is 2. The van der Waals surface area contributed by atoms with Gasteiger partial charge in [0.1, 0.15) is 0 Å². The highest BCUT2D eigenvalue weighted by Gasteiger charge is 2.23. The summed E-state index contributed by atoms with van der Waals surface area (Å²) in [6.45, 7) is 4.14. The number of carbonyl (C=O) groups is 2. The minimum atomic E-state index is -0.818. The van der Waals surface area contributed by atoms with Crippen molar-refractivity contribution in [1.29, 1.82) is 0 Å². The summed E-state index contributed by atoms with van der Waals surface area (Å²) < 4.78 is 0. The summed E-state index contributed by atoms with van der Waals surface area (Å²) in [5.74, 6) is -1.98. The smallest absolute Gasteiger partial charge is 0.306 e. The molecule has 0 spiro atoms. The molecule has 2 unspecified atom stereocenters. The minimum absolute atomic E-state index is 0.00186. The molecule has 0 aliphatic rings. The second kappa shape index (κ2) is 10.8. The first kappa shape index (κ1) is 17.9. The molecule has 0 aliphatic heterocycles. The van der Waals surface area contributed by atoms with Gasteiger partial charge in [0.15, 0.2) is 0 Å². The fraction of sp³-hybridized carbons (Fsp3) is 0.867. The molecule has 0 aliphatic carbocycles. The minimum Gasteiger partial charge on any atom is -0.481 e. The van der Waals surface area contributed by atoms with Crippen LogP contribution in [0.25, 0.3) is 0 Å². The molecule has 4 heteroatoms. The van der Waals surface area contributed by atoms with Crippen LogP contribution in [0.5, 0.6) is 0 Å². The van der Waals surface area contributed by atoms with Crippen molar-refractivity contribution in [3.63, 3.8) is 0 Å². The van der Waals surface area contributed by atoms with E-state index >= 15 is 0 Å². The number of unbranched alkanes of at least 4 members (excludes halogenated alkanes) is 3. The second-order valence-corrected chi connectivity index (χ2v) is 5.37. The molecule has 0 aromatic heterocycles. The zero-order valence-electron chi connectivity index (χ0n) is 12.2. The van der Waals surface area contributed by atoms with E-state index in [1.807, 2.05) is 6.92 Å². The summed E-state index contributed by atoms with van der Waals surface area (Å²) in [6, 6.07) is 0. The van der Waals surface area contributed by atoms with Gasteiger partial charge < -0.3 is 10.2 Å². The highest BCUT2D eigenvalue weighted by molar-refractivity contribution is 5.70. The van der Waals surface area contributed by atoms with Crippen LogP contribution in [-0.4, -0.2) is 22.2 Å². The average Bonchev–Trinajstić information content (AvgIpc) is 2.33. The monoisotopic (exact) mass is 272 g/mol. The highest BCUT2D eigenvalue weighted by Crippen LogP contribution is 2.25. The van der Waals surface area contributed by atoms with Crippen molar-refractivity contribution in [3.8, 4) is 0 Å². The van der Waals surface area contributed by atoms with Crippen LogP contribution in [0.3, 0.4) is 0 Å². The van der Waals surface area contributed by atoms with Crippen molar-refractivity contribution >= 4 is 11.9 Å². The van der Waals surface area contributed by atoms with Gasteiger partial charge in [0.25, 0.3) is 0 Å². The highest BCUT2D eigenvalue weighted by atomic mass is 16.4. The van der Waals surface area contributed by atoms with E-state index in [2.05, 4.69) is 6.92 Å². The Morgan fingerprint density at radius 2 is 1.58 bits per heavy atom. The zero-order chi connectivity index (χ0) is 14.7. The molecule has 0 aromatic carbocycles. The van der Waals surface area contributed by atoms with Crippen LogP contribution in [0.2, 0.25) is 0 Å². The molecule has 0 radical (unpaired) electrons. The average molecular weight is 272 g/mol. The van der Waals surface area contributed by atoms with Gasteiger partial charge in [-0.1, -0.05) is 46.0 Å². The molecule has 0 amide bonds. The lowest BCUT2D eigenvalue weighted by atomic mass is 9.85. The van der Waals surface area contributed by atoms with Gasteiger partial charge >= 0.3 is 11.9 Å². The van der Waals surface area contributed by atoms with Gasteiger partial charge in [0.2, 0.25) is 0 Å². The van der Waals surface area contributed by atoms with E-state index in [9.17, 15) is 14.7 Å². The van der Waals surface area contributed by atoms with Gasteiger partial charge in [-0.15, -0.1) is 0 Å². The van der Waals surface area contributed by atoms with E-state index in [1.165, 1.54) is 0 Å². The summed E-state index contributed by atoms with van der Waals surface area (Å²) in [7, 11) is 0. The van der Waals surface area contributed by atoms with Gasteiger partial charge in [0.05, 0.1) is 5.92 Å². The Morgan fingerprint density at radius 3 is 2.05 bits per heavy atom. The molecule has 0 bridgehead atoms. The van der Waals surface area contributed by atoms with Crippen molar-refractivity contribution in [1.82, 2.24) is 0 Å². The predicted octanol–water partition coefficient (Wildman–Crippen LogP) is 3.94. The normalized spacial score (nSPS) is 14.0. The van der Waals surface area contributed by atoms with Crippen LogP contribution < -0.4 is 0 Å². The Hall–Kier alpha value is -1.06. The lowest BCUT2D eigenvalue weighted by Gasteiger charge is -2.19. The molecule has 112 valence electrons. The lowest BCUT2D eigenvalue weighted by Crippen LogP contribution is -2.20. The van der Waals surface area contributed by atoms with Crippen molar-refractivity contribution < 1.29 is 19.8 Å². The first-order chi connectivity index (χ1) is 9.01. The van der Waals surface area contributed by atoms with Gasteiger partial charge in [-0.05, 0) is 25.2 Å². The number of carboxylic acid groups (broad SMARTS) is 2. The molecule has 0 rings (SSSR count). The Balaban J connectivity index is 4.37. The molecule has 2 N–H and O–H groups in total. The fourth-order valence-corrected chi connectivity index (χ4v) is 2.43. The van der Waals surface area contributed by atoms with Gasteiger partial charge in [0, 0.05) is 6.42 Å². The number of hydrogen-bond donors (Lipinski definition) is 2. The standard InChI is InChI=1S/C15H28O4/c1-3-5-7-8-12(11-14(16)17)10-13(15(18)19)9-6-4-2/h12-13H,3-11H2,1-2H3,(H,16,17)(H,18,19). The van der Waals surface area contributed by atoms with Crippen LogP contribution in [0.15, 0.2) is 0 Å². The molecule has 0 saturated carbocycles. The lowest BCUT2D eigenvalue weighted by molar-refractivity contribution is -0.144. The van der Waals surface area contributed by atoms with E-state index in [4.69, 9.17) is 5.11 Å². The SMILES string of the molecule is CCCCCC(CC(=O)O)CC(CCCC)C(=O)O. The maximum Gasteiger partial charge on any atom is 0.306 e. The van der Waals surface area contributed by atoms with Crippen molar-refractivity contribution in [2.24, 2.45) is 11.8 Å². The Kier molecular flexibility index (Phi) is 10.2. The molecule has 0 saturated heterocycles. The third-order valence-electron chi connectivity index (χ3n) is 3.55. The van der Waals surface area contributed by atoms with Crippen LogP contribution in [-0.2, 0) is 9.59 Å². The molecule has 0 aromatic rings. The van der Waals surface area contributed by atoms with E-state index in [0.717, 1.165) is 38.5 Å². The number of hydrogen-bond acceptors (Lipinski definition) is 2. The van der Waals surface area contributed by atoms with Gasteiger partial charge in [-0.25, -0.2) is 0 Å². The van der Waals surface area contributed by atoms with Crippen LogP contribution >= 0.6 is 0 Å². The van der Waals surface area contributed by atoms with Crippen LogP contribution in [0, 0.1) is 11.8 Å². The third-order valence-corrected chi connectivity index (χ3v) is 3.55. The summed E-state index contributed by atoms with van der Waals surface area (Å²) in [4.78, 5) is 22.1. The van der Waals surface area contributed by atoms with Crippen molar-refractivity contribution in [3.05, 3.63) is 0 Å². The van der Waals surface area contributed by atoms with E-state index < -0.39 is 11.9 Å². The van der Waals surface area contributed by atoms with E-state index in [1.54, 1.807) is 0 Å². The van der Waals surface area contributed by atoms with Crippen LogP contribution in [0.1, 0.15) is 71.6 Å². The van der Waals surface area contributed by atoms with Crippen molar-refractivity contribution in [2.45, 2.75) is 71.6 Å². The number of aliphatic carboxylic acids is 2. The first-order valence-electron chi connectivity index (χ1n) is 7.45. The van der Waals surface area contributed by atoms with Crippen LogP contribution in [0.4, 0.5) is 0 Å². The van der Waals surface area contributed by atoms with Gasteiger partial charge in [-0.3, -0.25) is 9.59 Å². The summed E-state index contributed by atoms with van der Waals surface area (Å²) >= 11 is 0. The molecular formula is C15H28O4. The predicted molar refractivity (Wildman–Crippen MR) is 75.2 cm³/mol. The molecule has 0 heterocycles. The van der Waals surface area contributed by atoms with E-state index in [-0.39, 0.29) is 18.3 Å². The summed E-state index contributed by atoms with van der Waals surface area (Å²) in [5.41, 5.74) is 0. The maximum absolute atomic E-state index is 11.2.